The van der Waals surface area contributed by atoms with Crippen molar-refractivity contribution >= 4 is 19.8 Å². The number of allylic oxidation sites excluding steroid dienone is 8. The summed E-state index contributed by atoms with van der Waals surface area (Å²) in [6.45, 7) is 3.64. The van der Waals surface area contributed by atoms with Gasteiger partial charge in [-0.25, -0.2) is 4.57 Å². The summed E-state index contributed by atoms with van der Waals surface area (Å²) in [5.41, 5.74) is 5.35. The molecule has 56 heavy (non-hydrogen) atoms. The Morgan fingerprint density at radius 1 is 0.536 bits per heavy atom. The van der Waals surface area contributed by atoms with Gasteiger partial charge in [0.2, 0.25) is 0 Å². The van der Waals surface area contributed by atoms with Gasteiger partial charge in [0, 0.05) is 19.4 Å². The molecule has 10 heteroatoms. The largest absolute Gasteiger partial charge is 0.472 e. The third-order valence-corrected chi connectivity index (χ3v) is 10.4. The molecule has 0 fully saturated rings. The molecular weight excluding hydrogens is 725 g/mol. The summed E-state index contributed by atoms with van der Waals surface area (Å²) in [5, 5.41) is 0. The predicted molar refractivity (Wildman–Crippen MR) is 233 cm³/mol. The number of hydrogen-bond acceptors (Lipinski definition) is 8. The fourth-order valence-electron chi connectivity index (χ4n) is 6.10. The molecule has 0 aromatic heterocycles. The highest BCUT2D eigenvalue weighted by atomic mass is 31.2. The second kappa shape index (κ2) is 42.6. The van der Waals surface area contributed by atoms with Gasteiger partial charge in [-0.15, -0.1) is 0 Å². The van der Waals surface area contributed by atoms with Crippen LogP contribution in [0.4, 0.5) is 0 Å². The van der Waals surface area contributed by atoms with Crippen molar-refractivity contribution in [3.63, 3.8) is 0 Å². The summed E-state index contributed by atoms with van der Waals surface area (Å²) in [4.78, 5) is 34.9. The summed E-state index contributed by atoms with van der Waals surface area (Å²) in [7, 11) is -4.39. The number of nitrogens with two attached hydrogens (primary N) is 1. The van der Waals surface area contributed by atoms with Gasteiger partial charge < -0.3 is 20.1 Å². The maximum Gasteiger partial charge on any atom is 0.472 e. The lowest BCUT2D eigenvalue weighted by Gasteiger charge is -2.19. The van der Waals surface area contributed by atoms with E-state index in [0.717, 1.165) is 64.2 Å². The first-order valence-corrected chi connectivity index (χ1v) is 24.1. The molecule has 2 atom stereocenters. The van der Waals surface area contributed by atoms with Crippen molar-refractivity contribution in [3.8, 4) is 0 Å². The SMILES string of the molecule is CCC/C=C/C/C=C/C/C=C/C/C=C/CCCCCC(=O)O[C@H](COC(=O)CCCCCCCCCCCCCCCCCCCC)COP(=O)(O)OCCN. The number of phosphoric ester groups is 1. The van der Waals surface area contributed by atoms with Gasteiger partial charge in [0.1, 0.15) is 6.61 Å². The molecule has 0 saturated heterocycles. The summed E-state index contributed by atoms with van der Waals surface area (Å²) in [5.74, 6) is -0.860. The summed E-state index contributed by atoms with van der Waals surface area (Å²) < 4.78 is 32.8. The Hall–Kier alpha value is -2.03. The minimum absolute atomic E-state index is 0.0473. The van der Waals surface area contributed by atoms with E-state index < -0.39 is 26.5 Å². The van der Waals surface area contributed by atoms with Gasteiger partial charge in [-0.3, -0.25) is 18.6 Å². The van der Waals surface area contributed by atoms with Crippen LogP contribution in [0.25, 0.3) is 0 Å². The molecule has 0 amide bonds. The molecule has 0 aliphatic carbocycles. The predicted octanol–water partition coefficient (Wildman–Crippen LogP) is 13.1. The molecular formula is C46H84NO8P. The van der Waals surface area contributed by atoms with Crippen molar-refractivity contribution < 1.29 is 37.6 Å². The van der Waals surface area contributed by atoms with Gasteiger partial charge in [0.25, 0.3) is 0 Å². The fraction of sp³-hybridized carbons (Fsp3) is 0.783. The molecule has 0 aliphatic rings. The van der Waals surface area contributed by atoms with Crippen LogP contribution in [0.2, 0.25) is 0 Å². The zero-order valence-corrected chi connectivity index (χ0v) is 36.8. The van der Waals surface area contributed by atoms with E-state index in [1.54, 1.807) is 0 Å². The summed E-state index contributed by atoms with van der Waals surface area (Å²) in [6.07, 6.45) is 48.5. The zero-order valence-electron chi connectivity index (χ0n) is 35.9. The Bertz CT molecular complexity index is 1060. The van der Waals surface area contributed by atoms with Gasteiger partial charge in [0.05, 0.1) is 13.2 Å². The van der Waals surface area contributed by atoms with E-state index in [9.17, 15) is 19.0 Å². The van der Waals surface area contributed by atoms with Crippen LogP contribution in [0.1, 0.15) is 200 Å². The highest BCUT2D eigenvalue weighted by Gasteiger charge is 2.26. The number of ether oxygens (including phenoxy) is 2. The van der Waals surface area contributed by atoms with Gasteiger partial charge in [0.15, 0.2) is 6.10 Å². The lowest BCUT2D eigenvalue weighted by Crippen LogP contribution is -2.29. The van der Waals surface area contributed by atoms with Crippen LogP contribution in [-0.2, 0) is 32.7 Å². The molecule has 0 aliphatic heterocycles. The number of rotatable bonds is 42. The normalized spacial score (nSPS) is 13.7. The van der Waals surface area contributed by atoms with Crippen LogP contribution >= 0.6 is 7.82 Å². The van der Waals surface area contributed by atoms with Crippen LogP contribution in [0.3, 0.4) is 0 Å². The molecule has 0 rings (SSSR count). The van der Waals surface area contributed by atoms with E-state index in [-0.39, 0.29) is 38.6 Å². The molecule has 0 saturated carbocycles. The van der Waals surface area contributed by atoms with Crippen LogP contribution in [0, 0.1) is 0 Å². The van der Waals surface area contributed by atoms with Crippen LogP contribution < -0.4 is 5.73 Å². The van der Waals surface area contributed by atoms with E-state index >= 15 is 0 Å². The fourth-order valence-corrected chi connectivity index (χ4v) is 6.86. The number of phosphoric acid groups is 1. The molecule has 0 aromatic carbocycles. The van der Waals surface area contributed by atoms with Crippen molar-refractivity contribution in [2.24, 2.45) is 5.73 Å². The smallest absolute Gasteiger partial charge is 0.462 e. The average Bonchev–Trinajstić information content (AvgIpc) is 3.18. The molecule has 326 valence electrons. The minimum atomic E-state index is -4.39. The molecule has 0 radical (unpaired) electrons. The highest BCUT2D eigenvalue weighted by Crippen LogP contribution is 2.43. The number of esters is 2. The van der Waals surface area contributed by atoms with Crippen LogP contribution in [-0.4, -0.2) is 49.3 Å². The first kappa shape index (κ1) is 54.0. The maximum atomic E-state index is 12.6. The molecule has 0 heterocycles. The highest BCUT2D eigenvalue weighted by molar-refractivity contribution is 7.47. The van der Waals surface area contributed by atoms with Crippen LogP contribution in [0.15, 0.2) is 48.6 Å². The maximum absolute atomic E-state index is 12.6. The van der Waals surface area contributed by atoms with Crippen LogP contribution in [0.5, 0.6) is 0 Å². The molecule has 3 N–H and O–H groups in total. The number of carbonyl (C=O) groups is 2. The lowest BCUT2D eigenvalue weighted by molar-refractivity contribution is -0.161. The first-order chi connectivity index (χ1) is 27.3. The number of unbranched alkanes of at least 4 members (excludes halogenated alkanes) is 21. The molecule has 1 unspecified atom stereocenters. The van der Waals surface area contributed by atoms with E-state index in [1.165, 1.54) is 103 Å². The Kier molecular flexibility index (Phi) is 41.0. The second-order valence-corrected chi connectivity index (χ2v) is 16.4. The first-order valence-electron chi connectivity index (χ1n) is 22.6. The molecule has 0 spiro atoms. The minimum Gasteiger partial charge on any atom is -0.462 e. The van der Waals surface area contributed by atoms with Crippen molar-refractivity contribution in [3.05, 3.63) is 48.6 Å². The van der Waals surface area contributed by atoms with E-state index in [4.69, 9.17) is 24.3 Å². The second-order valence-electron chi connectivity index (χ2n) is 14.9. The van der Waals surface area contributed by atoms with Crippen molar-refractivity contribution in [1.29, 1.82) is 0 Å². The van der Waals surface area contributed by atoms with Gasteiger partial charge >= 0.3 is 19.8 Å². The Morgan fingerprint density at radius 2 is 0.964 bits per heavy atom. The van der Waals surface area contributed by atoms with Crippen molar-refractivity contribution in [2.75, 3.05) is 26.4 Å². The average molecular weight is 810 g/mol. The van der Waals surface area contributed by atoms with E-state index in [0.29, 0.717) is 6.42 Å². The Balaban J connectivity index is 4.16. The molecule has 0 aromatic rings. The standard InChI is InChI=1S/C46H84NO8P/c1-3-5-7-9-11-13-15-17-19-21-23-24-26-28-30-32-34-36-38-45(48)52-42-44(43-54-56(50,51)53-41-40-47)55-46(49)39-37-35-33-31-29-27-25-22-20-18-16-14-12-10-8-6-4-2/h8,10,14,16,20,22,27,29,44H,3-7,9,11-13,15,17-19,21,23-26,28,30-43,47H2,1-2H3,(H,50,51)/b10-8+,16-14+,22-20+,29-27+/t44-/m1/s1. The third-order valence-electron chi connectivity index (χ3n) is 9.45. The Morgan fingerprint density at radius 3 is 1.45 bits per heavy atom. The quantitative estimate of drug-likeness (QED) is 0.0267. The topological polar surface area (TPSA) is 134 Å². The van der Waals surface area contributed by atoms with E-state index in [1.807, 2.05) is 0 Å². The molecule has 0 bridgehead atoms. The third kappa shape index (κ3) is 41.6. The van der Waals surface area contributed by atoms with Gasteiger partial charge in [-0.05, 0) is 51.4 Å². The number of carbonyl (C=O) groups excluding carboxylic acids is 2. The number of hydrogen-bond donors (Lipinski definition) is 2. The lowest BCUT2D eigenvalue weighted by atomic mass is 10.0. The Labute approximate surface area is 343 Å². The van der Waals surface area contributed by atoms with Crippen molar-refractivity contribution in [1.82, 2.24) is 0 Å². The van der Waals surface area contributed by atoms with Gasteiger partial charge in [-0.1, -0.05) is 184 Å². The monoisotopic (exact) mass is 810 g/mol. The zero-order chi connectivity index (χ0) is 41.1. The van der Waals surface area contributed by atoms with Crippen molar-refractivity contribution in [2.45, 2.75) is 206 Å². The molecule has 9 nitrogen and oxygen atoms in total. The van der Waals surface area contributed by atoms with E-state index in [2.05, 4.69) is 62.5 Å². The summed E-state index contributed by atoms with van der Waals surface area (Å²) in [6, 6.07) is 0. The van der Waals surface area contributed by atoms with Gasteiger partial charge in [-0.2, -0.15) is 0 Å². The summed E-state index contributed by atoms with van der Waals surface area (Å²) >= 11 is 0.